The standard InChI is InChI=1S/C10H19N3O4/c1-5(2)3-6(11)9(15)13-7(10(16)17)4-8(12)14/h5-7H,3-4,11H2,1-2H3,(H2,12,14)(H,13,15)(H,16,17)/t6-,7-/m0/s1. The van der Waals surface area contributed by atoms with Gasteiger partial charge in [0.15, 0.2) is 6.04 Å². The van der Waals surface area contributed by atoms with E-state index in [2.05, 4.69) is 11.1 Å². The van der Waals surface area contributed by atoms with Crippen molar-refractivity contribution in [3.63, 3.8) is 0 Å². The number of hydrogen-bond acceptors (Lipinski definition) is 4. The van der Waals surface area contributed by atoms with Crippen molar-refractivity contribution < 1.29 is 25.2 Å². The van der Waals surface area contributed by atoms with Crippen molar-refractivity contribution in [2.75, 3.05) is 0 Å². The molecular formula is C10H19N3O4. The van der Waals surface area contributed by atoms with Crippen molar-refractivity contribution in [1.29, 1.82) is 0 Å². The fourth-order valence-corrected chi connectivity index (χ4v) is 1.36. The lowest BCUT2D eigenvalue weighted by molar-refractivity contribution is -0.406. The SMILES string of the molecule is CC(C)C[C@H]([NH3+])C(=O)N[C@@H](CC(N)=O)C(=O)[O-]. The Bertz CT molecular complexity index is 304. The van der Waals surface area contributed by atoms with Crippen LogP contribution in [0.2, 0.25) is 0 Å². The van der Waals surface area contributed by atoms with Crippen molar-refractivity contribution in [2.24, 2.45) is 11.7 Å². The summed E-state index contributed by atoms with van der Waals surface area (Å²) in [6.45, 7) is 3.84. The molecule has 0 saturated heterocycles. The van der Waals surface area contributed by atoms with Crippen LogP contribution in [0.5, 0.6) is 0 Å². The van der Waals surface area contributed by atoms with E-state index in [4.69, 9.17) is 5.73 Å². The minimum atomic E-state index is -1.53. The Morgan fingerprint density at radius 2 is 1.88 bits per heavy atom. The number of nitrogens with one attached hydrogen (secondary N) is 1. The van der Waals surface area contributed by atoms with Crippen LogP contribution >= 0.6 is 0 Å². The van der Waals surface area contributed by atoms with Gasteiger partial charge in [-0.2, -0.15) is 0 Å². The summed E-state index contributed by atoms with van der Waals surface area (Å²) in [4.78, 5) is 32.8. The van der Waals surface area contributed by atoms with Crippen LogP contribution in [0.4, 0.5) is 0 Å². The molecule has 0 aromatic heterocycles. The molecule has 0 fully saturated rings. The Kier molecular flexibility index (Phi) is 6.19. The number of primary amides is 1. The molecule has 6 N–H and O–H groups in total. The highest BCUT2D eigenvalue weighted by molar-refractivity contribution is 5.88. The molecule has 0 aliphatic carbocycles. The molecule has 0 aromatic rings. The van der Waals surface area contributed by atoms with Gasteiger partial charge in [-0.15, -0.1) is 0 Å². The van der Waals surface area contributed by atoms with E-state index in [1.54, 1.807) is 0 Å². The fraction of sp³-hybridized carbons (Fsp3) is 0.700. The first kappa shape index (κ1) is 15.4. The Labute approximate surface area is 99.5 Å². The maximum atomic E-state index is 11.6. The first-order valence-electron chi connectivity index (χ1n) is 5.36. The number of quaternary nitrogens is 1. The zero-order valence-electron chi connectivity index (χ0n) is 10.1. The van der Waals surface area contributed by atoms with Gasteiger partial charge in [0, 0.05) is 6.42 Å². The molecule has 0 bridgehead atoms. The number of aliphatic carboxylic acids is 1. The highest BCUT2D eigenvalue weighted by Gasteiger charge is 2.23. The van der Waals surface area contributed by atoms with E-state index in [-0.39, 0.29) is 5.92 Å². The minimum absolute atomic E-state index is 0.265. The molecule has 7 nitrogen and oxygen atoms in total. The second kappa shape index (κ2) is 6.85. The van der Waals surface area contributed by atoms with Crippen LogP contribution in [0.3, 0.4) is 0 Å². The summed E-state index contributed by atoms with van der Waals surface area (Å²) in [6.07, 6.45) is 0.0463. The molecule has 7 heteroatoms. The quantitative estimate of drug-likeness (QED) is 0.433. The zero-order chi connectivity index (χ0) is 13.6. The van der Waals surface area contributed by atoms with Crippen LogP contribution < -0.4 is 21.9 Å². The van der Waals surface area contributed by atoms with Gasteiger partial charge in [-0.25, -0.2) is 0 Å². The molecule has 0 saturated carbocycles. The molecule has 0 rings (SSSR count). The van der Waals surface area contributed by atoms with Gasteiger partial charge in [-0.1, -0.05) is 13.8 Å². The van der Waals surface area contributed by atoms with Gasteiger partial charge in [-0.05, 0) is 5.92 Å². The zero-order valence-corrected chi connectivity index (χ0v) is 10.1. The summed E-state index contributed by atoms with van der Waals surface area (Å²) in [5.41, 5.74) is 8.49. The number of hydrogen-bond donors (Lipinski definition) is 3. The van der Waals surface area contributed by atoms with E-state index < -0.39 is 36.3 Å². The molecule has 0 spiro atoms. The highest BCUT2D eigenvalue weighted by Crippen LogP contribution is 2.02. The first-order chi connectivity index (χ1) is 7.73. The number of nitrogens with two attached hydrogens (primary N) is 1. The molecule has 0 unspecified atom stereocenters. The molecule has 0 aliphatic rings. The van der Waals surface area contributed by atoms with E-state index in [1.807, 2.05) is 13.8 Å². The van der Waals surface area contributed by atoms with Crippen LogP contribution in [0, 0.1) is 5.92 Å². The Balaban J connectivity index is 4.39. The second-order valence-corrected chi connectivity index (χ2v) is 4.38. The molecular weight excluding hydrogens is 226 g/mol. The van der Waals surface area contributed by atoms with E-state index >= 15 is 0 Å². The summed E-state index contributed by atoms with van der Waals surface area (Å²) in [5, 5.41) is 12.8. The van der Waals surface area contributed by atoms with Crippen LogP contribution in [0.25, 0.3) is 0 Å². The predicted molar refractivity (Wildman–Crippen MR) is 56.9 cm³/mol. The van der Waals surface area contributed by atoms with Gasteiger partial charge in [0.1, 0.15) is 0 Å². The van der Waals surface area contributed by atoms with Crippen LogP contribution in [0.1, 0.15) is 26.7 Å². The van der Waals surface area contributed by atoms with Gasteiger partial charge >= 0.3 is 0 Å². The van der Waals surface area contributed by atoms with Gasteiger partial charge in [-0.3, -0.25) is 9.59 Å². The van der Waals surface area contributed by atoms with Gasteiger partial charge in [0.2, 0.25) is 5.91 Å². The molecule has 0 aromatic carbocycles. The Morgan fingerprint density at radius 3 is 2.24 bits per heavy atom. The van der Waals surface area contributed by atoms with Crippen molar-refractivity contribution >= 4 is 17.8 Å². The smallest absolute Gasteiger partial charge is 0.278 e. The van der Waals surface area contributed by atoms with Gasteiger partial charge < -0.3 is 26.7 Å². The average Bonchev–Trinajstić information content (AvgIpc) is 2.14. The van der Waals surface area contributed by atoms with E-state index in [0.29, 0.717) is 6.42 Å². The number of carboxylic acid groups (broad SMARTS) is 1. The highest BCUT2D eigenvalue weighted by atomic mass is 16.4. The maximum absolute atomic E-state index is 11.6. The lowest BCUT2D eigenvalue weighted by Crippen LogP contribution is -2.69. The molecule has 0 heterocycles. The summed E-state index contributed by atoms with van der Waals surface area (Å²) in [7, 11) is 0. The first-order valence-corrected chi connectivity index (χ1v) is 5.36. The van der Waals surface area contributed by atoms with Crippen molar-refractivity contribution in [2.45, 2.75) is 38.8 Å². The van der Waals surface area contributed by atoms with Crippen molar-refractivity contribution in [3.05, 3.63) is 0 Å². The summed E-state index contributed by atoms with van der Waals surface area (Å²) in [6, 6.07) is -1.96. The second-order valence-electron chi connectivity index (χ2n) is 4.38. The summed E-state index contributed by atoms with van der Waals surface area (Å²) in [5.74, 6) is -2.60. The molecule has 2 amide bonds. The summed E-state index contributed by atoms with van der Waals surface area (Å²) < 4.78 is 0. The number of carboxylic acids is 1. The normalized spacial score (nSPS) is 14.1. The summed E-state index contributed by atoms with van der Waals surface area (Å²) >= 11 is 0. The molecule has 2 atom stereocenters. The lowest BCUT2D eigenvalue weighted by atomic mass is 10.0. The van der Waals surface area contributed by atoms with Crippen molar-refractivity contribution in [1.82, 2.24) is 5.32 Å². The Hall–Kier alpha value is -1.63. The third-order valence-electron chi connectivity index (χ3n) is 2.13. The Morgan fingerprint density at radius 1 is 1.35 bits per heavy atom. The number of carbonyl (C=O) groups is 3. The van der Waals surface area contributed by atoms with E-state index in [1.165, 1.54) is 0 Å². The van der Waals surface area contributed by atoms with Gasteiger partial charge in [0.05, 0.1) is 18.4 Å². The molecule has 98 valence electrons. The predicted octanol–water partition coefficient (Wildman–Crippen LogP) is -3.25. The van der Waals surface area contributed by atoms with E-state index in [0.717, 1.165) is 0 Å². The van der Waals surface area contributed by atoms with Crippen LogP contribution in [-0.4, -0.2) is 29.9 Å². The third kappa shape index (κ3) is 6.52. The molecule has 0 aliphatic heterocycles. The van der Waals surface area contributed by atoms with Crippen molar-refractivity contribution in [3.8, 4) is 0 Å². The maximum Gasteiger partial charge on any atom is 0.278 e. The van der Waals surface area contributed by atoms with Crippen LogP contribution in [-0.2, 0) is 14.4 Å². The molecule has 0 radical (unpaired) electrons. The number of rotatable bonds is 7. The topological polar surface area (TPSA) is 140 Å². The number of amides is 2. The van der Waals surface area contributed by atoms with Crippen LogP contribution in [0.15, 0.2) is 0 Å². The average molecular weight is 245 g/mol. The largest absolute Gasteiger partial charge is 0.548 e. The fourth-order valence-electron chi connectivity index (χ4n) is 1.36. The third-order valence-corrected chi connectivity index (χ3v) is 2.13. The minimum Gasteiger partial charge on any atom is -0.548 e. The monoisotopic (exact) mass is 245 g/mol. The van der Waals surface area contributed by atoms with Gasteiger partial charge in [0.25, 0.3) is 5.91 Å². The lowest BCUT2D eigenvalue weighted by Gasteiger charge is -2.20. The molecule has 17 heavy (non-hydrogen) atoms. The van der Waals surface area contributed by atoms with E-state index in [9.17, 15) is 19.5 Å². The number of carbonyl (C=O) groups excluding carboxylic acids is 3.